The van der Waals surface area contributed by atoms with Gasteiger partial charge in [0, 0.05) is 23.4 Å². The molecule has 1 aliphatic rings. The minimum atomic E-state index is -0.455. The number of nitrogens with one attached hydrogen (secondary N) is 1. The summed E-state index contributed by atoms with van der Waals surface area (Å²) in [6.45, 7) is 5.58. The third kappa shape index (κ3) is 3.69. The van der Waals surface area contributed by atoms with Gasteiger partial charge in [-0.25, -0.2) is 0 Å². The molecule has 25 heavy (non-hydrogen) atoms. The summed E-state index contributed by atoms with van der Waals surface area (Å²) in [6, 6.07) is 11.9. The Morgan fingerprint density at radius 2 is 1.76 bits per heavy atom. The van der Waals surface area contributed by atoms with Crippen LogP contribution in [0.15, 0.2) is 42.5 Å². The number of non-ortho nitro benzene ring substituents is 1. The van der Waals surface area contributed by atoms with Crippen LogP contribution in [0.4, 0.5) is 11.4 Å². The van der Waals surface area contributed by atoms with Crippen molar-refractivity contribution >= 4 is 17.2 Å². The number of nitrogens with zero attached hydrogens (tertiary/aromatic N) is 2. The second kappa shape index (κ2) is 7.03. The molecule has 130 valence electrons. The molecule has 0 amide bonds. The third-order valence-electron chi connectivity index (χ3n) is 4.71. The summed E-state index contributed by atoms with van der Waals surface area (Å²) < 4.78 is 0. The highest BCUT2D eigenvalue weighted by Gasteiger charge is 2.24. The Morgan fingerprint density at radius 3 is 2.36 bits per heavy atom. The number of quaternary nitrogens is 1. The van der Waals surface area contributed by atoms with Gasteiger partial charge in [0.25, 0.3) is 5.69 Å². The maximum Gasteiger partial charge on any atom is 0.270 e. The van der Waals surface area contributed by atoms with Crippen LogP contribution in [-0.4, -0.2) is 43.9 Å². The number of rotatable bonds is 4. The maximum atomic E-state index is 13.0. The summed E-state index contributed by atoms with van der Waals surface area (Å²) in [5, 5.41) is 11.2. The molecule has 0 unspecified atom stereocenters. The fraction of sp³-hybridized carbons (Fsp3) is 0.316. The molecular formula is C19H22N3O3+. The minimum absolute atomic E-state index is 0.0565. The number of benzene rings is 2. The van der Waals surface area contributed by atoms with E-state index in [4.69, 9.17) is 0 Å². The highest BCUT2D eigenvalue weighted by molar-refractivity contribution is 6.12. The summed E-state index contributed by atoms with van der Waals surface area (Å²) in [4.78, 5) is 27.3. The first-order valence-electron chi connectivity index (χ1n) is 8.42. The highest BCUT2D eigenvalue weighted by Crippen LogP contribution is 2.28. The molecule has 3 rings (SSSR count). The van der Waals surface area contributed by atoms with Crippen LogP contribution in [0.2, 0.25) is 0 Å². The fourth-order valence-corrected chi connectivity index (χ4v) is 3.08. The first-order valence-corrected chi connectivity index (χ1v) is 8.42. The number of carbonyl (C=O) groups excluding carboxylic acids is 1. The number of nitro groups is 1. The third-order valence-corrected chi connectivity index (χ3v) is 4.71. The Kier molecular flexibility index (Phi) is 4.81. The van der Waals surface area contributed by atoms with Crippen molar-refractivity contribution in [1.29, 1.82) is 0 Å². The van der Waals surface area contributed by atoms with Crippen LogP contribution in [-0.2, 0) is 0 Å². The van der Waals surface area contributed by atoms with E-state index < -0.39 is 4.92 Å². The van der Waals surface area contributed by atoms with Gasteiger partial charge in [-0.05, 0) is 13.0 Å². The number of hydrogen-bond donors (Lipinski definition) is 1. The lowest BCUT2D eigenvalue weighted by molar-refractivity contribution is -0.880. The molecule has 1 N–H and O–H groups in total. The van der Waals surface area contributed by atoms with Gasteiger partial charge in [0.1, 0.15) is 0 Å². The zero-order valence-electron chi connectivity index (χ0n) is 14.5. The molecule has 0 aliphatic carbocycles. The lowest BCUT2D eigenvalue weighted by atomic mass is 9.99. The van der Waals surface area contributed by atoms with Crippen LogP contribution < -0.4 is 9.80 Å². The highest BCUT2D eigenvalue weighted by atomic mass is 16.6. The number of likely N-dealkylation sites (N-methyl/N-ethyl adjacent to an activating group) is 1. The molecule has 0 radical (unpaired) electrons. The van der Waals surface area contributed by atoms with Crippen molar-refractivity contribution in [1.82, 2.24) is 0 Å². The van der Waals surface area contributed by atoms with Crippen molar-refractivity contribution in [3.05, 3.63) is 69.3 Å². The molecule has 1 heterocycles. The van der Waals surface area contributed by atoms with Gasteiger partial charge in [-0.1, -0.05) is 29.8 Å². The molecule has 2 aromatic rings. The minimum Gasteiger partial charge on any atom is -0.360 e. The predicted octanol–water partition coefficient (Wildman–Crippen LogP) is 1.47. The van der Waals surface area contributed by atoms with E-state index in [9.17, 15) is 14.9 Å². The maximum absolute atomic E-state index is 13.0. The summed E-state index contributed by atoms with van der Waals surface area (Å²) >= 11 is 0. The van der Waals surface area contributed by atoms with Crippen molar-refractivity contribution < 1.29 is 14.6 Å². The predicted molar refractivity (Wildman–Crippen MR) is 96.5 cm³/mol. The van der Waals surface area contributed by atoms with Crippen molar-refractivity contribution in [2.24, 2.45) is 0 Å². The van der Waals surface area contributed by atoms with E-state index in [2.05, 4.69) is 11.9 Å². The smallest absolute Gasteiger partial charge is 0.270 e. The fourth-order valence-electron chi connectivity index (χ4n) is 3.08. The van der Waals surface area contributed by atoms with E-state index in [0.29, 0.717) is 11.1 Å². The van der Waals surface area contributed by atoms with E-state index in [-0.39, 0.29) is 11.5 Å². The summed E-state index contributed by atoms with van der Waals surface area (Å²) in [5.74, 6) is -0.176. The van der Waals surface area contributed by atoms with Gasteiger partial charge in [-0.2, -0.15) is 0 Å². The van der Waals surface area contributed by atoms with Gasteiger partial charge in [-0.3, -0.25) is 14.9 Å². The van der Waals surface area contributed by atoms with Crippen molar-refractivity contribution in [2.45, 2.75) is 6.92 Å². The number of anilines is 1. The summed E-state index contributed by atoms with van der Waals surface area (Å²) in [7, 11) is 2.14. The molecule has 0 aromatic heterocycles. The summed E-state index contributed by atoms with van der Waals surface area (Å²) in [6.07, 6.45) is 0. The van der Waals surface area contributed by atoms with Gasteiger partial charge in [-0.15, -0.1) is 0 Å². The lowest BCUT2D eigenvalue weighted by Gasteiger charge is -2.32. The Labute approximate surface area is 146 Å². The standard InChI is InChI=1S/C19H21N3O3/c1-14-3-5-15(6-4-14)19(23)17-13-16(22(24)25)7-8-18(17)21-11-9-20(2)10-12-21/h3-8,13H,9-12H2,1-2H3/p+1. The number of aryl methyl sites for hydroxylation is 1. The molecular weight excluding hydrogens is 318 g/mol. The molecule has 6 heteroatoms. The zero-order chi connectivity index (χ0) is 18.0. The molecule has 0 saturated carbocycles. The molecule has 2 aromatic carbocycles. The molecule has 1 fully saturated rings. The van der Waals surface area contributed by atoms with E-state index in [1.807, 2.05) is 19.1 Å². The van der Waals surface area contributed by atoms with Crippen LogP contribution in [0.1, 0.15) is 21.5 Å². The molecule has 0 atom stereocenters. The Hall–Kier alpha value is -2.73. The SMILES string of the molecule is Cc1ccc(C(=O)c2cc([N+](=O)[O-])ccc2N2CC[NH+](C)CC2)cc1. The van der Waals surface area contributed by atoms with E-state index in [0.717, 1.165) is 37.4 Å². The molecule has 1 aliphatic heterocycles. The Morgan fingerprint density at radius 1 is 1.12 bits per heavy atom. The number of carbonyl (C=O) groups is 1. The Balaban J connectivity index is 2.02. The molecule has 6 nitrogen and oxygen atoms in total. The second-order valence-electron chi connectivity index (χ2n) is 6.60. The van der Waals surface area contributed by atoms with Gasteiger partial charge < -0.3 is 9.80 Å². The average molecular weight is 340 g/mol. The van der Waals surface area contributed by atoms with E-state index >= 15 is 0 Å². The Bertz CT molecular complexity index is 794. The largest absolute Gasteiger partial charge is 0.360 e. The van der Waals surface area contributed by atoms with Crippen LogP contribution in [0.5, 0.6) is 0 Å². The number of piperazine rings is 1. The summed E-state index contributed by atoms with van der Waals surface area (Å²) in [5.41, 5.74) is 2.74. The van der Waals surface area contributed by atoms with Gasteiger partial charge >= 0.3 is 0 Å². The van der Waals surface area contributed by atoms with Gasteiger partial charge in [0.05, 0.1) is 43.7 Å². The van der Waals surface area contributed by atoms with Crippen LogP contribution in [0.3, 0.4) is 0 Å². The topological polar surface area (TPSA) is 67.9 Å². The van der Waals surface area contributed by atoms with Gasteiger partial charge in [0.2, 0.25) is 0 Å². The number of ketones is 1. The zero-order valence-corrected chi connectivity index (χ0v) is 14.5. The first-order chi connectivity index (χ1) is 12.0. The van der Waals surface area contributed by atoms with Crippen LogP contribution >= 0.6 is 0 Å². The number of hydrogen-bond acceptors (Lipinski definition) is 4. The second-order valence-corrected chi connectivity index (χ2v) is 6.60. The normalized spacial score (nSPS) is 15.2. The molecule has 0 spiro atoms. The average Bonchev–Trinajstić information content (AvgIpc) is 2.62. The van der Waals surface area contributed by atoms with E-state index in [1.165, 1.54) is 17.0 Å². The van der Waals surface area contributed by atoms with Crippen molar-refractivity contribution in [2.75, 3.05) is 38.1 Å². The monoisotopic (exact) mass is 340 g/mol. The molecule has 1 saturated heterocycles. The lowest BCUT2D eigenvalue weighted by Crippen LogP contribution is -3.12. The number of nitro benzene ring substituents is 1. The molecule has 0 bridgehead atoms. The van der Waals surface area contributed by atoms with Crippen molar-refractivity contribution in [3.63, 3.8) is 0 Å². The van der Waals surface area contributed by atoms with Gasteiger partial charge in [0.15, 0.2) is 5.78 Å². The first kappa shape index (κ1) is 17.1. The van der Waals surface area contributed by atoms with E-state index in [1.54, 1.807) is 18.2 Å². The van der Waals surface area contributed by atoms with Crippen LogP contribution in [0.25, 0.3) is 0 Å². The van der Waals surface area contributed by atoms with Crippen LogP contribution in [0, 0.1) is 17.0 Å². The van der Waals surface area contributed by atoms with Crippen molar-refractivity contribution in [3.8, 4) is 0 Å². The quantitative estimate of drug-likeness (QED) is 0.520.